The number of halogens is 2. The van der Waals surface area contributed by atoms with E-state index >= 15 is 0 Å². The third-order valence-corrected chi connectivity index (χ3v) is 3.11. The quantitative estimate of drug-likeness (QED) is 0.743. The zero-order valence-electron chi connectivity index (χ0n) is 9.38. The van der Waals surface area contributed by atoms with Crippen LogP contribution in [0.3, 0.4) is 0 Å². The summed E-state index contributed by atoms with van der Waals surface area (Å²) in [4.78, 5) is 0. The summed E-state index contributed by atoms with van der Waals surface area (Å²) < 4.78 is 15.3. The summed E-state index contributed by atoms with van der Waals surface area (Å²) in [5, 5.41) is 4.66. The van der Waals surface area contributed by atoms with Gasteiger partial charge in [-0.15, -0.1) is 0 Å². The van der Waals surface area contributed by atoms with E-state index in [0.29, 0.717) is 10.7 Å². The Kier molecular flexibility index (Phi) is 2.72. The van der Waals surface area contributed by atoms with Gasteiger partial charge in [-0.3, -0.25) is 0 Å². The van der Waals surface area contributed by atoms with Gasteiger partial charge in [-0.05, 0) is 38.5 Å². The average molecular weight is 239 g/mol. The second-order valence-corrected chi connectivity index (χ2v) is 4.19. The second-order valence-electron chi connectivity index (χ2n) is 3.78. The van der Waals surface area contributed by atoms with Gasteiger partial charge in [0.1, 0.15) is 11.5 Å². The summed E-state index contributed by atoms with van der Waals surface area (Å²) in [6.07, 6.45) is 0. The van der Waals surface area contributed by atoms with Crippen molar-refractivity contribution < 1.29 is 4.39 Å². The zero-order chi connectivity index (χ0) is 11.9. The lowest BCUT2D eigenvalue weighted by Crippen LogP contribution is -2.03. The zero-order valence-corrected chi connectivity index (χ0v) is 10.1. The first kappa shape index (κ1) is 11.1. The van der Waals surface area contributed by atoms with Crippen molar-refractivity contribution >= 4 is 11.6 Å². The molecule has 1 aromatic heterocycles. The highest BCUT2D eigenvalue weighted by atomic mass is 35.5. The largest absolute Gasteiger partial charge is 0.233 e. The Morgan fingerprint density at radius 3 is 2.44 bits per heavy atom. The van der Waals surface area contributed by atoms with Gasteiger partial charge in [0.2, 0.25) is 0 Å². The van der Waals surface area contributed by atoms with Crippen LogP contribution in [0, 0.1) is 26.6 Å². The number of hydrogen-bond donors (Lipinski definition) is 0. The lowest BCUT2D eigenvalue weighted by Gasteiger charge is -2.07. The third-order valence-electron chi connectivity index (χ3n) is 2.80. The molecule has 1 aromatic carbocycles. The van der Waals surface area contributed by atoms with Crippen molar-refractivity contribution in [1.82, 2.24) is 9.78 Å². The van der Waals surface area contributed by atoms with Gasteiger partial charge in [0.05, 0.1) is 10.7 Å². The number of benzene rings is 1. The van der Waals surface area contributed by atoms with Crippen molar-refractivity contribution in [1.29, 1.82) is 0 Å². The molecule has 0 aliphatic carbocycles. The molecule has 0 saturated carbocycles. The molecule has 0 spiro atoms. The van der Waals surface area contributed by atoms with Gasteiger partial charge >= 0.3 is 0 Å². The minimum Gasteiger partial charge on any atom is -0.233 e. The fourth-order valence-electron chi connectivity index (χ4n) is 1.63. The highest BCUT2D eigenvalue weighted by Gasteiger charge is 2.15. The molecular weight excluding hydrogens is 227 g/mol. The summed E-state index contributed by atoms with van der Waals surface area (Å²) in [5.74, 6) is -0.363. The number of aromatic nitrogens is 2. The summed E-state index contributed by atoms with van der Waals surface area (Å²) >= 11 is 6.00. The van der Waals surface area contributed by atoms with Crippen LogP contribution >= 0.6 is 11.6 Å². The molecule has 0 unspecified atom stereocenters. The van der Waals surface area contributed by atoms with Gasteiger partial charge in [-0.2, -0.15) is 5.10 Å². The Hall–Kier alpha value is -1.35. The van der Waals surface area contributed by atoms with E-state index in [-0.39, 0.29) is 5.82 Å². The molecule has 0 aliphatic rings. The van der Waals surface area contributed by atoms with E-state index in [1.807, 2.05) is 20.8 Å². The summed E-state index contributed by atoms with van der Waals surface area (Å²) in [5.41, 5.74) is 3.17. The first-order valence-electron chi connectivity index (χ1n) is 4.99. The van der Waals surface area contributed by atoms with Gasteiger partial charge < -0.3 is 0 Å². The third kappa shape index (κ3) is 1.61. The van der Waals surface area contributed by atoms with Crippen molar-refractivity contribution in [2.75, 3.05) is 0 Å². The second kappa shape index (κ2) is 3.91. The fraction of sp³-hybridized carbons (Fsp3) is 0.250. The van der Waals surface area contributed by atoms with E-state index in [9.17, 15) is 4.39 Å². The highest BCUT2D eigenvalue weighted by molar-refractivity contribution is 6.32. The first-order valence-corrected chi connectivity index (χ1v) is 5.37. The van der Waals surface area contributed by atoms with Crippen LogP contribution in [0.5, 0.6) is 0 Å². The molecular formula is C12H12ClFN2. The van der Waals surface area contributed by atoms with Gasteiger partial charge in [0, 0.05) is 5.69 Å². The van der Waals surface area contributed by atoms with Crippen LogP contribution in [0.4, 0.5) is 4.39 Å². The van der Waals surface area contributed by atoms with E-state index in [4.69, 9.17) is 11.6 Å². The van der Waals surface area contributed by atoms with Crippen LogP contribution in [0.1, 0.15) is 17.0 Å². The van der Waals surface area contributed by atoms with Crippen molar-refractivity contribution in [2.24, 2.45) is 0 Å². The Morgan fingerprint density at radius 1 is 1.25 bits per heavy atom. The average Bonchev–Trinajstić information content (AvgIpc) is 2.47. The minimum absolute atomic E-state index is 0.317. The molecule has 0 saturated heterocycles. The number of para-hydroxylation sites is 1. The standard InChI is InChI=1S/C12H12ClFN2/c1-7-8(2)15-16(9(7)3)12-10(13)5-4-6-11(12)14/h4-6H,1-3H3. The van der Waals surface area contributed by atoms with E-state index in [1.54, 1.807) is 16.8 Å². The van der Waals surface area contributed by atoms with Gasteiger partial charge in [-0.1, -0.05) is 17.7 Å². The molecule has 2 nitrogen and oxygen atoms in total. The smallest absolute Gasteiger partial charge is 0.150 e. The van der Waals surface area contributed by atoms with Crippen LogP contribution < -0.4 is 0 Å². The molecule has 0 radical (unpaired) electrons. The Morgan fingerprint density at radius 2 is 1.94 bits per heavy atom. The lowest BCUT2D eigenvalue weighted by molar-refractivity contribution is 0.608. The van der Waals surface area contributed by atoms with Crippen molar-refractivity contribution in [2.45, 2.75) is 20.8 Å². The monoisotopic (exact) mass is 238 g/mol. The van der Waals surface area contributed by atoms with E-state index in [2.05, 4.69) is 5.10 Å². The highest BCUT2D eigenvalue weighted by Crippen LogP contribution is 2.25. The molecule has 0 bridgehead atoms. The Balaban J connectivity index is 2.72. The van der Waals surface area contributed by atoms with Crippen LogP contribution in [0.15, 0.2) is 18.2 Å². The maximum atomic E-state index is 13.7. The molecule has 1 heterocycles. The van der Waals surface area contributed by atoms with E-state index in [1.165, 1.54) is 6.07 Å². The molecule has 0 fully saturated rings. The SMILES string of the molecule is Cc1nn(-c2c(F)cccc2Cl)c(C)c1C. The van der Waals surface area contributed by atoms with Crippen LogP contribution in [-0.4, -0.2) is 9.78 Å². The lowest BCUT2D eigenvalue weighted by atomic mass is 10.2. The minimum atomic E-state index is -0.363. The summed E-state index contributed by atoms with van der Waals surface area (Å²) in [7, 11) is 0. The van der Waals surface area contributed by atoms with Crippen molar-refractivity contribution in [3.05, 3.63) is 46.0 Å². The predicted molar refractivity (Wildman–Crippen MR) is 62.7 cm³/mol. The molecule has 84 valence electrons. The molecule has 2 rings (SSSR count). The van der Waals surface area contributed by atoms with Gasteiger partial charge in [0.15, 0.2) is 0 Å². The molecule has 0 aliphatic heterocycles. The van der Waals surface area contributed by atoms with Gasteiger partial charge in [-0.25, -0.2) is 9.07 Å². The number of rotatable bonds is 1. The topological polar surface area (TPSA) is 17.8 Å². The molecule has 0 amide bonds. The number of aryl methyl sites for hydroxylation is 1. The van der Waals surface area contributed by atoms with Gasteiger partial charge in [0.25, 0.3) is 0 Å². The van der Waals surface area contributed by atoms with Crippen LogP contribution in [-0.2, 0) is 0 Å². The summed E-state index contributed by atoms with van der Waals surface area (Å²) in [6.45, 7) is 5.76. The molecule has 0 atom stereocenters. The molecule has 4 heteroatoms. The van der Waals surface area contributed by atoms with E-state index in [0.717, 1.165) is 17.0 Å². The van der Waals surface area contributed by atoms with Crippen molar-refractivity contribution in [3.8, 4) is 5.69 Å². The maximum Gasteiger partial charge on any atom is 0.150 e. The van der Waals surface area contributed by atoms with E-state index < -0.39 is 0 Å². The number of nitrogens with zero attached hydrogens (tertiary/aromatic N) is 2. The summed E-state index contributed by atoms with van der Waals surface area (Å²) in [6, 6.07) is 4.62. The van der Waals surface area contributed by atoms with Crippen molar-refractivity contribution in [3.63, 3.8) is 0 Å². The Bertz CT molecular complexity index is 526. The predicted octanol–water partition coefficient (Wildman–Crippen LogP) is 3.59. The first-order chi connectivity index (χ1) is 7.52. The maximum absolute atomic E-state index is 13.7. The molecule has 16 heavy (non-hydrogen) atoms. The normalized spacial score (nSPS) is 10.8. The Labute approximate surface area is 98.7 Å². The fourth-order valence-corrected chi connectivity index (χ4v) is 1.87. The van der Waals surface area contributed by atoms with Crippen LogP contribution in [0.2, 0.25) is 5.02 Å². The molecule has 0 N–H and O–H groups in total. The van der Waals surface area contributed by atoms with Crippen LogP contribution in [0.25, 0.3) is 5.69 Å². The number of hydrogen-bond acceptors (Lipinski definition) is 1. The molecule has 2 aromatic rings.